The van der Waals surface area contributed by atoms with Crippen molar-refractivity contribution in [3.8, 4) is 0 Å². The van der Waals surface area contributed by atoms with Gasteiger partial charge in [0.1, 0.15) is 4.88 Å². The number of hydrogen-bond acceptors (Lipinski definition) is 6. The Bertz CT molecular complexity index is 1130. The van der Waals surface area contributed by atoms with E-state index in [1.807, 2.05) is 6.07 Å². The van der Waals surface area contributed by atoms with Crippen molar-refractivity contribution in [2.75, 3.05) is 16.2 Å². The Morgan fingerprint density at radius 3 is 2.68 bits per heavy atom. The minimum atomic E-state index is -3.62. The number of fused-ring (bicyclic) bond motifs is 1. The van der Waals surface area contributed by atoms with Crippen molar-refractivity contribution < 1.29 is 13.2 Å². The number of sulfonamides is 1. The summed E-state index contributed by atoms with van der Waals surface area (Å²) in [5.74, 6) is -0.267. The first-order chi connectivity index (χ1) is 13.5. The van der Waals surface area contributed by atoms with Gasteiger partial charge in [-0.15, -0.1) is 5.10 Å². The number of rotatable bonds is 4. The molecule has 0 spiro atoms. The fourth-order valence-corrected chi connectivity index (χ4v) is 5.35. The average Bonchev–Trinajstić information content (AvgIpc) is 3.14. The maximum absolute atomic E-state index is 13.0. The molecular formula is C19H18N4O3S2. The Hall–Kier alpha value is -2.78. The third kappa shape index (κ3) is 3.38. The van der Waals surface area contributed by atoms with Gasteiger partial charge >= 0.3 is 0 Å². The van der Waals surface area contributed by atoms with Gasteiger partial charge in [-0.05, 0) is 67.2 Å². The van der Waals surface area contributed by atoms with Gasteiger partial charge in [-0.3, -0.25) is 9.10 Å². The zero-order valence-corrected chi connectivity index (χ0v) is 16.8. The van der Waals surface area contributed by atoms with Crippen LogP contribution >= 0.6 is 11.5 Å². The Balaban J connectivity index is 1.63. The Morgan fingerprint density at radius 2 is 1.96 bits per heavy atom. The standard InChI is InChI=1S/C19H18N4O3S2/c1-13-18(27-22-21-13)19(24)20-15-9-10-17-14(12-15)6-5-11-23(17)28(25,26)16-7-3-2-4-8-16/h2-4,7-10,12H,5-6,11H2,1H3,(H,20,24). The monoisotopic (exact) mass is 414 g/mol. The van der Waals surface area contributed by atoms with Crippen molar-refractivity contribution in [2.45, 2.75) is 24.7 Å². The van der Waals surface area contributed by atoms with E-state index in [4.69, 9.17) is 0 Å². The number of nitrogens with zero attached hydrogens (tertiary/aromatic N) is 3. The Labute approximate surface area is 167 Å². The topological polar surface area (TPSA) is 92.3 Å². The van der Waals surface area contributed by atoms with E-state index >= 15 is 0 Å². The van der Waals surface area contributed by atoms with Gasteiger partial charge in [-0.1, -0.05) is 22.7 Å². The van der Waals surface area contributed by atoms with E-state index in [1.54, 1.807) is 49.4 Å². The number of hydrogen-bond donors (Lipinski definition) is 1. The number of amides is 1. The summed E-state index contributed by atoms with van der Waals surface area (Å²) in [6.07, 6.45) is 1.47. The van der Waals surface area contributed by atoms with Gasteiger partial charge in [-0.25, -0.2) is 8.42 Å². The molecule has 0 saturated carbocycles. The smallest absolute Gasteiger partial charge is 0.269 e. The number of carbonyl (C=O) groups is 1. The number of nitrogens with one attached hydrogen (secondary N) is 1. The van der Waals surface area contributed by atoms with Crippen molar-refractivity contribution in [1.29, 1.82) is 0 Å². The molecule has 7 nitrogen and oxygen atoms in total. The molecule has 0 saturated heterocycles. The molecule has 3 aromatic rings. The predicted molar refractivity (Wildman–Crippen MR) is 108 cm³/mol. The van der Waals surface area contributed by atoms with E-state index in [9.17, 15) is 13.2 Å². The van der Waals surface area contributed by atoms with E-state index in [2.05, 4.69) is 14.9 Å². The summed E-state index contributed by atoms with van der Waals surface area (Å²) < 4.78 is 31.3. The number of carbonyl (C=O) groups excluding carboxylic acids is 1. The average molecular weight is 415 g/mol. The van der Waals surface area contributed by atoms with E-state index < -0.39 is 10.0 Å². The fourth-order valence-electron chi connectivity index (χ4n) is 3.24. The molecule has 1 aliphatic rings. The van der Waals surface area contributed by atoms with E-state index in [0.717, 1.165) is 23.5 Å². The molecule has 0 fully saturated rings. The van der Waals surface area contributed by atoms with Crippen molar-refractivity contribution in [1.82, 2.24) is 9.59 Å². The van der Waals surface area contributed by atoms with Gasteiger partial charge < -0.3 is 5.32 Å². The van der Waals surface area contributed by atoms with Crippen LogP contribution in [0, 0.1) is 6.92 Å². The van der Waals surface area contributed by atoms with Crippen molar-refractivity contribution in [3.63, 3.8) is 0 Å². The number of anilines is 2. The van der Waals surface area contributed by atoms with Gasteiger partial charge in [0.15, 0.2) is 0 Å². The van der Waals surface area contributed by atoms with Crippen LogP contribution < -0.4 is 9.62 Å². The van der Waals surface area contributed by atoms with Crippen LogP contribution in [0.3, 0.4) is 0 Å². The highest BCUT2D eigenvalue weighted by molar-refractivity contribution is 7.92. The van der Waals surface area contributed by atoms with Crippen LogP contribution in [0.1, 0.15) is 27.3 Å². The van der Waals surface area contributed by atoms with Gasteiger partial charge in [0.05, 0.1) is 16.3 Å². The van der Waals surface area contributed by atoms with Crippen LogP contribution in [0.4, 0.5) is 11.4 Å². The molecule has 1 aromatic heterocycles. The molecule has 0 atom stereocenters. The van der Waals surface area contributed by atoms with E-state index in [0.29, 0.717) is 34.9 Å². The molecule has 4 rings (SSSR count). The number of benzene rings is 2. The molecule has 2 heterocycles. The van der Waals surface area contributed by atoms with Gasteiger partial charge in [0, 0.05) is 12.2 Å². The second kappa shape index (κ2) is 7.33. The van der Waals surface area contributed by atoms with E-state index in [-0.39, 0.29) is 10.8 Å². The second-order valence-electron chi connectivity index (χ2n) is 6.48. The summed E-state index contributed by atoms with van der Waals surface area (Å²) in [7, 11) is -3.62. The first kappa shape index (κ1) is 18.6. The molecule has 1 N–H and O–H groups in total. The predicted octanol–water partition coefficient (Wildman–Crippen LogP) is 3.24. The minimum absolute atomic E-state index is 0.267. The Kier molecular flexibility index (Phi) is 4.86. The maximum atomic E-state index is 13.0. The van der Waals surface area contributed by atoms with Crippen LogP contribution in [0.2, 0.25) is 0 Å². The molecule has 1 amide bonds. The van der Waals surface area contributed by atoms with Crippen molar-refractivity contribution >= 4 is 38.8 Å². The first-order valence-corrected chi connectivity index (χ1v) is 11.0. The molecule has 2 aromatic carbocycles. The van der Waals surface area contributed by atoms with Gasteiger partial charge in [-0.2, -0.15) is 0 Å². The molecular weight excluding hydrogens is 396 g/mol. The van der Waals surface area contributed by atoms with Gasteiger partial charge in [0.2, 0.25) is 0 Å². The SMILES string of the molecule is Cc1nnsc1C(=O)Nc1ccc2c(c1)CCCN2S(=O)(=O)c1ccccc1. The zero-order valence-electron chi connectivity index (χ0n) is 15.1. The van der Waals surface area contributed by atoms with E-state index in [1.165, 1.54) is 4.31 Å². The summed E-state index contributed by atoms with van der Waals surface area (Å²) in [5.41, 5.74) is 2.75. The van der Waals surface area contributed by atoms with Crippen LogP contribution in [0.15, 0.2) is 53.4 Å². The normalized spacial score (nSPS) is 13.8. The third-order valence-corrected chi connectivity index (χ3v) is 7.26. The molecule has 0 radical (unpaired) electrons. The van der Waals surface area contributed by atoms with Crippen LogP contribution in [0.25, 0.3) is 0 Å². The lowest BCUT2D eigenvalue weighted by atomic mass is 10.0. The molecule has 1 aliphatic heterocycles. The number of aryl methyl sites for hydroxylation is 2. The van der Waals surface area contributed by atoms with Crippen molar-refractivity contribution in [2.24, 2.45) is 0 Å². The molecule has 0 aliphatic carbocycles. The minimum Gasteiger partial charge on any atom is -0.321 e. The largest absolute Gasteiger partial charge is 0.321 e. The number of aromatic nitrogens is 2. The second-order valence-corrected chi connectivity index (χ2v) is 9.10. The summed E-state index contributed by atoms with van der Waals surface area (Å²) in [5, 5.41) is 6.69. The summed E-state index contributed by atoms with van der Waals surface area (Å²) in [4.78, 5) is 13.1. The van der Waals surface area contributed by atoms with Gasteiger partial charge in [0.25, 0.3) is 15.9 Å². The van der Waals surface area contributed by atoms with Crippen molar-refractivity contribution in [3.05, 3.63) is 64.7 Å². The van der Waals surface area contributed by atoms with Crippen LogP contribution in [-0.2, 0) is 16.4 Å². The lowest BCUT2D eigenvalue weighted by molar-refractivity contribution is 0.103. The molecule has 144 valence electrons. The fraction of sp³-hybridized carbons (Fsp3) is 0.211. The molecule has 9 heteroatoms. The molecule has 0 unspecified atom stereocenters. The summed E-state index contributed by atoms with van der Waals surface area (Å²) >= 11 is 1.05. The zero-order chi connectivity index (χ0) is 19.7. The highest BCUT2D eigenvalue weighted by Gasteiger charge is 2.29. The summed E-state index contributed by atoms with van der Waals surface area (Å²) in [6.45, 7) is 2.17. The molecule has 0 bridgehead atoms. The molecule has 28 heavy (non-hydrogen) atoms. The Morgan fingerprint density at radius 1 is 1.18 bits per heavy atom. The van der Waals surface area contributed by atoms with Crippen LogP contribution in [-0.4, -0.2) is 30.5 Å². The maximum Gasteiger partial charge on any atom is 0.269 e. The highest BCUT2D eigenvalue weighted by Crippen LogP contribution is 2.34. The quantitative estimate of drug-likeness (QED) is 0.708. The third-order valence-electron chi connectivity index (χ3n) is 4.60. The summed E-state index contributed by atoms with van der Waals surface area (Å²) in [6, 6.07) is 13.7. The van der Waals surface area contributed by atoms with Crippen LogP contribution in [0.5, 0.6) is 0 Å². The first-order valence-electron chi connectivity index (χ1n) is 8.78. The highest BCUT2D eigenvalue weighted by atomic mass is 32.2. The lowest BCUT2D eigenvalue weighted by Crippen LogP contribution is -2.35. The lowest BCUT2D eigenvalue weighted by Gasteiger charge is -2.30.